The number of rotatable bonds is 5. The highest BCUT2D eigenvalue weighted by atomic mass is 16.5. The van der Waals surface area contributed by atoms with Crippen LogP contribution in [0.15, 0.2) is 70.0 Å². The minimum absolute atomic E-state index is 0.00668. The molecule has 0 saturated heterocycles. The van der Waals surface area contributed by atoms with Gasteiger partial charge in [-0.1, -0.05) is 12.1 Å². The fraction of sp³-hybridized carbons (Fsp3) is 0.107. The molecule has 0 aliphatic carbocycles. The molecule has 0 aliphatic rings. The van der Waals surface area contributed by atoms with Gasteiger partial charge in [-0.25, -0.2) is 0 Å². The summed E-state index contributed by atoms with van der Waals surface area (Å²) in [7, 11) is 1.21. The van der Waals surface area contributed by atoms with Crippen molar-refractivity contribution < 1.29 is 39.5 Å². The van der Waals surface area contributed by atoms with E-state index in [9.17, 15) is 35.1 Å². The third-order valence-electron chi connectivity index (χ3n) is 6.35. The summed E-state index contributed by atoms with van der Waals surface area (Å²) in [6.07, 6.45) is 1.37. The van der Waals surface area contributed by atoms with Gasteiger partial charge in [-0.3, -0.25) is 14.6 Å². The van der Waals surface area contributed by atoms with Crippen molar-refractivity contribution >= 4 is 27.8 Å². The maximum absolute atomic E-state index is 13.2. The smallest absolute Gasteiger partial charge is 0.306 e. The van der Waals surface area contributed by atoms with Gasteiger partial charge in [-0.15, -0.1) is 0 Å². The number of phenolic OH excluding ortho intramolecular Hbond substituents is 4. The highest BCUT2D eigenvalue weighted by Crippen LogP contribution is 2.45. The monoisotopic (exact) mass is 515 g/mol. The molecule has 10 heteroatoms. The minimum Gasteiger partial charge on any atom is -0.507 e. The van der Waals surface area contributed by atoms with Crippen molar-refractivity contribution in [3.05, 3.63) is 82.1 Å². The molecule has 38 heavy (non-hydrogen) atoms. The molecule has 0 bridgehead atoms. The second kappa shape index (κ2) is 9.32. The van der Waals surface area contributed by atoms with Crippen molar-refractivity contribution in [3.8, 4) is 40.1 Å². The van der Waals surface area contributed by atoms with E-state index < -0.39 is 51.4 Å². The number of phenols is 4. The Morgan fingerprint density at radius 3 is 2.47 bits per heavy atom. The van der Waals surface area contributed by atoms with E-state index in [1.165, 1.54) is 13.2 Å². The molecule has 1 atom stereocenters. The van der Waals surface area contributed by atoms with Gasteiger partial charge in [0.05, 0.1) is 19.0 Å². The van der Waals surface area contributed by atoms with Gasteiger partial charge in [0.15, 0.2) is 17.3 Å². The normalized spacial score (nSPS) is 12.0. The lowest BCUT2D eigenvalue weighted by molar-refractivity contribution is -0.140. The number of nitrogens with zero attached hydrogens (tertiary/aromatic N) is 1. The zero-order valence-corrected chi connectivity index (χ0v) is 19.9. The zero-order valence-electron chi connectivity index (χ0n) is 19.9. The summed E-state index contributed by atoms with van der Waals surface area (Å²) in [6.45, 7) is 0. The summed E-state index contributed by atoms with van der Waals surface area (Å²) in [4.78, 5) is 30.0. The Morgan fingerprint density at radius 2 is 1.74 bits per heavy atom. The Morgan fingerprint density at radius 1 is 0.947 bits per heavy atom. The number of fused-ring (bicyclic) bond motifs is 2. The van der Waals surface area contributed by atoms with Crippen molar-refractivity contribution in [2.24, 2.45) is 0 Å². The van der Waals surface area contributed by atoms with E-state index in [4.69, 9.17) is 9.15 Å². The molecule has 0 spiro atoms. The molecule has 0 amide bonds. The van der Waals surface area contributed by atoms with Crippen LogP contribution in [0.2, 0.25) is 0 Å². The van der Waals surface area contributed by atoms with E-state index >= 15 is 0 Å². The summed E-state index contributed by atoms with van der Waals surface area (Å²) in [6, 6.07) is 13.2. The second-order valence-electron chi connectivity index (χ2n) is 8.63. The molecule has 0 radical (unpaired) electrons. The first-order chi connectivity index (χ1) is 18.2. The highest BCUT2D eigenvalue weighted by Gasteiger charge is 2.30. The number of hydrogen-bond acceptors (Lipinski definition) is 10. The van der Waals surface area contributed by atoms with Crippen LogP contribution < -0.4 is 5.43 Å². The summed E-state index contributed by atoms with van der Waals surface area (Å²) in [5, 5.41) is 52.1. The first kappa shape index (κ1) is 24.4. The number of pyridine rings is 1. The van der Waals surface area contributed by atoms with Gasteiger partial charge in [-0.2, -0.15) is 0 Å². The number of benzene rings is 3. The Labute approximate surface area is 214 Å². The maximum Gasteiger partial charge on any atom is 0.306 e. The lowest BCUT2D eigenvalue weighted by Crippen LogP contribution is -2.12. The third-order valence-corrected chi connectivity index (χ3v) is 6.35. The predicted molar refractivity (Wildman–Crippen MR) is 136 cm³/mol. The SMILES string of the molecule is COC(=O)C[C@@H](c1ccc2ncccc2c1)c1c(O)cc(O)c2c(=O)c(O)c(-c3ccc(O)c(O)c3)oc12. The summed E-state index contributed by atoms with van der Waals surface area (Å²) >= 11 is 0. The molecule has 0 aliphatic heterocycles. The zero-order chi connectivity index (χ0) is 27.1. The van der Waals surface area contributed by atoms with Crippen LogP contribution in [0.3, 0.4) is 0 Å². The predicted octanol–water partition coefficient (Wildman–Crippen LogP) is 4.23. The molecule has 10 nitrogen and oxygen atoms in total. The van der Waals surface area contributed by atoms with Crippen LogP contribution in [-0.2, 0) is 9.53 Å². The average molecular weight is 515 g/mol. The van der Waals surface area contributed by atoms with E-state index in [1.807, 2.05) is 6.07 Å². The first-order valence-corrected chi connectivity index (χ1v) is 11.4. The van der Waals surface area contributed by atoms with Gasteiger partial charge in [-0.05, 0) is 42.0 Å². The van der Waals surface area contributed by atoms with Gasteiger partial charge in [0.25, 0.3) is 0 Å². The number of methoxy groups -OCH3 is 1. The molecular weight excluding hydrogens is 494 g/mol. The molecule has 0 fully saturated rings. The number of esters is 1. The Hall–Kier alpha value is -5.25. The molecule has 0 saturated carbocycles. The molecule has 2 heterocycles. The van der Waals surface area contributed by atoms with E-state index in [-0.39, 0.29) is 28.9 Å². The fourth-order valence-electron chi connectivity index (χ4n) is 4.49. The Bertz CT molecular complexity index is 1790. The van der Waals surface area contributed by atoms with Gasteiger partial charge < -0.3 is 34.7 Å². The van der Waals surface area contributed by atoms with E-state index in [2.05, 4.69) is 4.98 Å². The molecule has 2 aromatic heterocycles. The first-order valence-electron chi connectivity index (χ1n) is 11.4. The van der Waals surface area contributed by atoms with Crippen LogP contribution >= 0.6 is 0 Å². The number of carbonyl (C=O) groups excluding carboxylic acids is 1. The highest BCUT2D eigenvalue weighted by molar-refractivity contribution is 5.92. The second-order valence-corrected chi connectivity index (χ2v) is 8.63. The van der Waals surface area contributed by atoms with Crippen LogP contribution in [0.1, 0.15) is 23.5 Å². The van der Waals surface area contributed by atoms with Crippen LogP contribution in [0, 0.1) is 0 Å². The average Bonchev–Trinajstić information content (AvgIpc) is 2.90. The number of ether oxygens (including phenoxy) is 1. The molecule has 5 N–H and O–H groups in total. The number of aromatic nitrogens is 1. The maximum atomic E-state index is 13.2. The number of hydrogen-bond donors (Lipinski definition) is 5. The van der Waals surface area contributed by atoms with Gasteiger partial charge >= 0.3 is 5.97 Å². The van der Waals surface area contributed by atoms with Crippen LogP contribution in [0.5, 0.6) is 28.7 Å². The molecule has 0 unspecified atom stereocenters. The molecule has 5 aromatic rings. The summed E-state index contributed by atoms with van der Waals surface area (Å²) in [5.74, 6) is -4.86. The van der Waals surface area contributed by atoms with Gasteiger partial charge in [0.2, 0.25) is 11.2 Å². The lowest BCUT2D eigenvalue weighted by atomic mass is 9.85. The van der Waals surface area contributed by atoms with E-state index in [0.717, 1.165) is 23.6 Å². The number of aromatic hydroxyl groups is 5. The number of carbonyl (C=O) groups is 1. The van der Waals surface area contributed by atoms with Crippen molar-refractivity contribution in [1.82, 2.24) is 4.98 Å². The van der Waals surface area contributed by atoms with E-state index in [1.54, 1.807) is 30.5 Å². The van der Waals surface area contributed by atoms with Crippen LogP contribution in [0.4, 0.5) is 0 Å². The van der Waals surface area contributed by atoms with Crippen molar-refractivity contribution in [3.63, 3.8) is 0 Å². The van der Waals surface area contributed by atoms with Gasteiger partial charge in [0.1, 0.15) is 22.5 Å². The topological polar surface area (TPSA) is 171 Å². The molecule has 5 rings (SSSR count). The Balaban J connectivity index is 1.84. The standard InChI is InChI=1S/C28H21NO9/c1-37-22(34)11-16(13-4-6-17-14(9-13)3-2-8-29-17)23-20(32)12-21(33)24-25(35)26(36)27(38-28(23)24)15-5-7-18(30)19(31)10-15/h2-10,12,16,30-33,36H,11H2,1H3/t16-/m0/s1. The van der Waals surface area contributed by atoms with E-state index in [0.29, 0.717) is 11.1 Å². The van der Waals surface area contributed by atoms with Crippen LogP contribution in [0.25, 0.3) is 33.2 Å². The molecular formula is C28H21NO9. The van der Waals surface area contributed by atoms with Crippen molar-refractivity contribution in [2.45, 2.75) is 12.3 Å². The molecule has 3 aromatic carbocycles. The lowest BCUT2D eigenvalue weighted by Gasteiger charge is -2.21. The van der Waals surface area contributed by atoms with Crippen molar-refractivity contribution in [2.75, 3.05) is 7.11 Å². The minimum atomic E-state index is -1.01. The summed E-state index contributed by atoms with van der Waals surface area (Å²) < 4.78 is 10.8. The van der Waals surface area contributed by atoms with Crippen molar-refractivity contribution in [1.29, 1.82) is 0 Å². The molecule has 192 valence electrons. The van der Waals surface area contributed by atoms with Gasteiger partial charge in [0, 0.05) is 34.7 Å². The largest absolute Gasteiger partial charge is 0.507 e. The Kier molecular flexibility index (Phi) is 6.00. The third kappa shape index (κ3) is 4.07. The fourth-order valence-corrected chi connectivity index (χ4v) is 4.49. The van der Waals surface area contributed by atoms with Crippen LogP contribution in [-0.4, -0.2) is 43.6 Å². The summed E-state index contributed by atoms with van der Waals surface area (Å²) in [5.41, 5.74) is -0.0173. The quantitative estimate of drug-likeness (QED) is 0.168.